The first-order chi connectivity index (χ1) is 9.33. The van der Waals surface area contributed by atoms with Crippen LogP contribution in [0.25, 0.3) is 11.5 Å². The molecule has 19 heavy (non-hydrogen) atoms. The van der Waals surface area contributed by atoms with E-state index < -0.39 is 6.04 Å². The van der Waals surface area contributed by atoms with Crippen LogP contribution in [0.5, 0.6) is 0 Å². The molecule has 96 valence electrons. The maximum atomic E-state index is 6.00. The monoisotopic (exact) mass is 257 g/mol. The minimum atomic E-state index is -0.390. The van der Waals surface area contributed by atoms with Gasteiger partial charge in [0.15, 0.2) is 0 Å². The Morgan fingerprint density at radius 2 is 2.21 bits per heavy atom. The Labute approximate surface area is 108 Å². The molecule has 0 bridgehead atoms. The van der Waals surface area contributed by atoms with Crippen molar-refractivity contribution in [3.8, 4) is 11.5 Å². The van der Waals surface area contributed by atoms with Gasteiger partial charge in [0.05, 0.1) is 18.6 Å². The van der Waals surface area contributed by atoms with E-state index in [1.807, 2.05) is 0 Å². The highest BCUT2D eigenvalue weighted by Crippen LogP contribution is 2.16. The lowest BCUT2D eigenvalue weighted by molar-refractivity contribution is 0.354. The van der Waals surface area contributed by atoms with Gasteiger partial charge in [0, 0.05) is 30.7 Å². The predicted octanol–water partition coefficient (Wildman–Crippen LogP) is 0.492. The molecule has 0 amide bonds. The first kappa shape index (κ1) is 11.5. The minimum absolute atomic E-state index is 0.357. The third-order valence-corrected chi connectivity index (χ3v) is 2.55. The smallest absolute Gasteiger partial charge is 0.244 e. The number of nitrogens with two attached hydrogens (primary N) is 1. The SMILES string of the molecule is N[C@H](Cc1cnc[nH]1)c1nc(-c2cnccn2)no1. The molecule has 3 aromatic heterocycles. The van der Waals surface area contributed by atoms with E-state index in [0.29, 0.717) is 23.8 Å². The second-order valence-corrected chi connectivity index (χ2v) is 3.93. The van der Waals surface area contributed by atoms with Crippen molar-refractivity contribution in [2.75, 3.05) is 0 Å². The third-order valence-electron chi connectivity index (χ3n) is 2.55. The van der Waals surface area contributed by atoms with Crippen LogP contribution in [-0.2, 0) is 6.42 Å². The molecule has 3 heterocycles. The summed E-state index contributed by atoms with van der Waals surface area (Å²) in [5.74, 6) is 0.735. The van der Waals surface area contributed by atoms with E-state index in [2.05, 4.69) is 30.1 Å². The number of nitrogens with one attached hydrogen (secondary N) is 1. The summed E-state index contributed by atoms with van der Waals surface area (Å²) in [6, 6.07) is -0.390. The van der Waals surface area contributed by atoms with Crippen LogP contribution in [0, 0.1) is 0 Å². The van der Waals surface area contributed by atoms with Crippen LogP contribution >= 0.6 is 0 Å². The molecule has 3 rings (SSSR count). The second kappa shape index (κ2) is 4.94. The van der Waals surface area contributed by atoms with Gasteiger partial charge in [-0.3, -0.25) is 4.98 Å². The Bertz CT molecular complexity index is 634. The molecule has 0 saturated heterocycles. The second-order valence-electron chi connectivity index (χ2n) is 3.93. The molecule has 1 atom stereocenters. The Morgan fingerprint density at radius 3 is 2.95 bits per heavy atom. The number of aromatic nitrogens is 6. The third kappa shape index (κ3) is 2.47. The van der Waals surface area contributed by atoms with Crippen LogP contribution in [0.1, 0.15) is 17.6 Å². The first-order valence-corrected chi connectivity index (χ1v) is 5.66. The summed E-state index contributed by atoms with van der Waals surface area (Å²) in [5.41, 5.74) is 7.45. The molecule has 8 nitrogen and oxygen atoms in total. The fourth-order valence-electron chi connectivity index (χ4n) is 1.62. The standard InChI is InChI=1S/C11H11N7O/c12-8(3-7-4-14-6-16-7)11-17-10(18-19-11)9-5-13-1-2-15-9/h1-2,4-6,8H,3,12H2,(H,14,16)/t8-/m1/s1. The largest absolute Gasteiger partial charge is 0.348 e. The molecule has 0 spiro atoms. The summed E-state index contributed by atoms with van der Waals surface area (Å²) in [5, 5.41) is 3.84. The van der Waals surface area contributed by atoms with Gasteiger partial charge in [-0.1, -0.05) is 5.16 Å². The maximum absolute atomic E-state index is 6.00. The lowest BCUT2D eigenvalue weighted by atomic mass is 10.2. The van der Waals surface area contributed by atoms with Crippen molar-refractivity contribution in [3.63, 3.8) is 0 Å². The van der Waals surface area contributed by atoms with E-state index in [1.54, 1.807) is 31.1 Å². The molecule has 0 aromatic carbocycles. The van der Waals surface area contributed by atoms with Crippen molar-refractivity contribution in [2.24, 2.45) is 5.73 Å². The van der Waals surface area contributed by atoms with Crippen molar-refractivity contribution in [1.82, 2.24) is 30.1 Å². The van der Waals surface area contributed by atoms with Gasteiger partial charge in [0.2, 0.25) is 11.7 Å². The summed E-state index contributed by atoms with van der Waals surface area (Å²) in [6.45, 7) is 0. The fraction of sp³-hybridized carbons (Fsp3) is 0.182. The van der Waals surface area contributed by atoms with Gasteiger partial charge in [0.1, 0.15) is 5.69 Å². The summed E-state index contributed by atoms with van der Waals surface area (Å²) in [6.07, 6.45) is 8.56. The van der Waals surface area contributed by atoms with Gasteiger partial charge in [-0.2, -0.15) is 4.98 Å². The van der Waals surface area contributed by atoms with Gasteiger partial charge in [0.25, 0.3) is 0 Å². The lowest BCUT2D eigenvalue weighted by Gasteiger charge is -2.03. The number of hydrogen-bond donors (Lipinski definition) is 2. The van der Waals surface area contributed by atoms with Gasteiger partial charge >= 0.3 is 0 Å². The van der Waals surface area contributed by atoms with Crippen LogP contribution in [0.3, 0.4) is 0 Å². The molecule has 3 N–H and O–H groups in total. The highest BCUT2D eigenvalue weighted by Gasteiger charge is 2.17. The van der Waals surface area contributed by atoms with E-state index in [-0.39, 0.29) is 0 Å². The highest BCUT2D eigenvalue weighted by molar-refractivity contribution is 5.45. The van der Waals surface area contributed by atoms with E-state index in [1.165, 1.54) is 0 Å². The zero-order valence-electron chi connectivity index (χ0n) is 9.89. The quantitative estimate of drug-likeness (QED) is 0.697. The van der Waals surface area contributed by atoms with E-state index in [9.17, 15) is 0 Å². The average molecular weight is 257 g/mol. The van der Waals surface area contributed by atoms with Crippen LogP contribution in [0.2, 0.25) is 0 Å². The maximum Gasteiger partial charge on any atom is 0.244 e. The number of rotatable bonds is 4. The Hall–Kier alpha value is -2.61. The van der Waals surface area contributed by atoms with Crippen molar-refractivity contribution in [1.29, 1.82) is 0 Å². The van der Waals surface area contributed by atoms with Gasteiger partial charge in [-0.25, -0.2) is 9.97 Å². The molecule has 0 fully saturated rings. The van der Waals surface area contributed by atoms with Crippen LogP contribution in [-0.4, -0.2) is 30.1 Å². The van der Waals surface area contributed by atoms with Crippen molar-refractivity contribution in [3.05, 3.63) is 42.7 Å². The van der Waals surface area contributed by atoms with Gasteiger partial charge in [-0.15, -0.1) is 0 Å². The molecule has 0 radical (unpaired) electrons. The molecule has 0 unspecified atom stereocenters. The Balaban J connectivity index is 1.78. The summed E-state index contributed by atoms with van der Waals surface area (Å²) >= 11 is 0. The average Bonchev–Trinajstić information content (AvgIpc) is 3.10. The van der Waals surface area contributed by atoms with Crippen LogP contribution in [0.15, 0.2) is 35.6 Å². The van der Waals surface area contributed by atoms with E-state index >= 15 is 0 Å². The predicted molar refractivity (Wildman–Crippen MR) is 64.5 cm³/mol. The van der Waals surface area contributed by atoms with Gasteiger partial charge < -0.3 is 15.2 Å². The molecule has 0 aliphatic rings. The minimum Gasteiger partial charge on any atom is -0.348 e. The molecular weight excluding hydrogens is 246 g/mol. The van der Waals surface area contributed by atoms with Crippen molar-refractivity contribution < 1.29 is 4.52 Å². The molecular formula is C11H11N7O. The summed E-state index contributed by atoms with van der Waals surface area (Å²) in [7, 11) is 0. The summed E-state index contributed by atoms with van der Waals surface area (Å²) < 4.78 is 5.14. The normalized spacial score (nSPS) is 12.5. The molecule has 0 aliphatic heterocycles. The number of nitrogens with zero attached hydrogens (tertiary/aromatic N) is 5. The number of H-pyrrole nitrogens is 1. The number of hydrogen-bond acceptors (Lipinski definition) is 7. The zero-order valence-corrected chi connectivity index (χ0v) is 9.89. The summed E-state index contributed by atoms with van der Waals surface area (Å²) in [4.78, 5) is 19.2. The van der Waals surface area contributed by atoms with Crippen molar-refractivity contribution >= 4 is 0 Å². The molecule has 0 aliphatic carbocycles. The molecule has 8 heteroatoms. The molecule has 0 saturated carbocycles. The molecule has 3 aromatic rings. The van der Waals surface area contributed by atoms with E-state index in [0.717, 1.165) is 5.69 Å². The Kier molecular flexibility index (Phi) is 2.99. The van der Waals surface area contributed by atoms with Crippen LogP contribution < -0.4 is 5.73 Å². The highest BCUT2D eigenvalue weighted by atomic mass is 16.5. The topological polar surface area (TPSA) is 119 Å². The van der Waals surface area contributed by atoms with Crippen LogP contribution in [0.4, 0.5) is 0 Å². The number of aromatic amines is 1. The number of imidazole rings is 1. The van der Waals surface area contributed by atoms with Crippen molar-refractivity contribution in [2.45, 2.75) is 12.5 Å². The van der Waals surface area contributed by atoms with Gasteiger partial charge in [-0.05, 0) is 0 Å². The fourth-order valence-corrected chi connectivity index (χ4v) is 1.62. The van der Waals surface area contributed by atoms with E-state index in [4.69, 9.17) is 10.3 Å². The lowest BCUT2D eigenvalue weighted by Crippen LogP contribution is -2.14. The zero-order chi connectivity index (χ0) is 13.1. The first-order valence-electron chi connectivity index (χ1n) is 5.66. The Morgan fingerprint density at radius 1 is 1.26 bits per heavy atom.